The number of nitrogens with zero attached hydrogens (tertiary/aromatic N) is 2. The summed E-state index contributed by atoms with van der Waals surface area (Å²) in [6.07, 6.45) is 2.86. The monoisotopic (exact) mass is 649 g/mol. The zero-order chi connectivity index (χ0) is 33.6. The first-order chi connectivity index (χ1) is 22.7. The van der Waals surface area contributed by atoms with E-state index >= 15 is 0 Å². The first-order valence-electron chi connectivity index (χ1n) is 17.0. The van der Waals surface area contributed by atoms with Gasteiger partial charge in [0.05, 0.1) is 25.1 Å². The molecule has 1 saturated heterocycles. The molecule has 256 valence electrons. The zero-order valence-electron chi connectivity index (χ0n) is 28.1. The van der Waals surface area contributed by atoms with Crippen LogP contribution in [-0.4, -0.2) is 91.5 Å². The van der Waals surface area contributed by atoms with E-state index in [2.05, 4.69) is 39.9 Å². The number of carbonyl (C=O) groups excluding carboxylic acids is 4. The molecule has 4 amide bonds. The normalized spacial score (nSPS) is 20.3. The lowest BCUT2D eigenvalue weighted by Crippen LogP contribution is -2.53. The Morgan fingerprint density at radius 1 is 0.957 bits per heavy atom. The van der Waals surface area contributed by atoms with E-state index in [-0.39, 0.29) is 37.0 Å². The van der Waals surface area contributed by atoms with Gasteiger partial charge in [0.25, 0.3) is 5.91 Å². The molecule has 0 saturated carbocycles. The van der Waals surface area contributed by atoms with Crippen LogP contribution in [0.1, 0.15) is 74.4 Å². The van der Waals surface area contributed by atoms with Gasteiger partial charge in [0.15, 0.2) is 0 Å². The molecule has 11 nitrogen and oxygen atoms in total. The molecule has 2 aliphatic heterocycles. The third-order valence-electron chi connectivity index (χ3n) is 8.41. The Morgan fingerprint density at radius 3 is 2.49 bits per heavy atom. The number of benzene rings is 2. The van der Waals surface area contributed by atoms with E-state index in [0.29, 0.717) is 25.3 Å². The van der Waals surface area contributed by atoms with Crippen LogP contribution >= 0.6 is 0 Å². The second-order valence-electron chi connectivity index (χ2n) is 12.8. The molecule has 2 heterocycles. The molecular formula is C36H51N5O6. The van der Waals surface area contributed by atoms with Crippen molar-refractivity contribution in [1.29, 1.82) is 0 Å². The summed E-state index contributed by atoms with van der Waals surface area (Å²) in [4.78, 5) is 58.3. The van der Waals surface area contributed by atoms with Crippen molar-refractivity contribution in [3.8, 4) is 5.75 Å². The molecular weight excluding hydrogens is 598 g/mol. The van der Waals surface area contributed by atoms with Gasteiger partial charge in [-0.2, -0.15) is 0 Å². The molecule has 47 heavy (non-hydrogen) atoms. The van der Waals surface area contributed by atoms with Gasteiger partial charge in [-0.3, -0.25) is 24.1 Å². The summed E-state index contributed by atoms with van der Waals surface area (Å²) >= 11 is 0. The van der Waals surface area contributed by atoms with Crippen LogP contribution in [0.4, 0.5) is 0 Å². The maximum atomic E-state index is 13.7. The topological polar surface area (TPSA) is 129 Å². The van der Waals surface area contributed by atoms with Gasteiger partial charge >= 0.3 is 0 Å². The van der Waals surface area contributed by atoms with Gasteiger partial charge in [-0.05, 0) is 48.4 Å². The Balaban J connectivity index is 1.49. The third kappa shape index (κ3) is 11.4. The van der Waals surface area contributed by atoms with E-state index in [0.717, 1.165) is 57.7 Å². The van der Waals surface area contributed by atoms with Crippen LogP contribution in [0.25, 0.3) is 0 Å². The van der Waals surface area contributed by atoms with Crippen molar-refractivity contribution in [1.82, 2.24) is 25.8 Å². The van der Waals surface area contributed by atoms with Gasteiger partial charge < -0.3 is 30.3 Å². The largest absolute Gasteiger partial charge is 0.491 e. The minimum atomic E-state index is -1.17. The van der Waals surface area contributed by atoms with Gasteiger partial charge in [-0.15, -0.1) is 0 Å². The molecule has 2 aliphatic rings. The molecule has 3 N–H and O–H groups in total. The lowest BCUT2D eigenvalue weighted by molar-refractivity contribution is -0.137. The lowest BCUT2D eigenvalue weighted by Gasteiger charge is -2.30. The predicted molar refractivity (Wildman–Crippen MR) is 180 cm³/mol. The number of carbonyl (C=O) groups is 4. The summed E-state index contributed by atoms with van der Waals surface area (Å²) in [7, 11) is 0. The number of rotatable bonds is 10. The van der Waals surface area contributed by atoms with Crippen molar-refractivity contribution in [3.05, 3.63) is 65.2 Å². The van der Waals surface area contributed by atoms with Gasteiger partial charge in [-0.1, -0.05) is 63.6 Å². The first kappa shape index (κ1) is 35.9. The van der Waals surface area contributed by atoms with Crippen LogP contribution in [0.3, 0.4) is 0 Å². The predicted octanol–water partition coefficient (Wildman–Crippen LogP) is 3.27. The highest BCUT2D eigenvalue weighted by atomic mass is 16.5. The zero-order valence-corrected chi connectivity index (χ0v) is 28.1. The van der Waals surface area contributed by atoms with E-state index in [9.17, 15) is 19.2 Å². The van der Waals surface area contributed by atoms with Gasteiger partial charge in [0.1, 0.15) is 24.4 Å². The molecule has 2 aromatic carbocycles. The summed E-state index contributed by atoms with van der Waals surface area (Å²) in [6.45, 7) is 11.6. The summed E-state index contributed by atoms with van der Waals surface area (Å²) in [5.74, 6) is -1.18. The highest BCUT2D eigenvalue weighted by molar-refractivity contribution is 6.01. The van der Waals surface area contributed by atoms with E-state index in [1.54, 1.807) is 29.2 Å². The quantitative estimate of drug-likeness (QED) is 0.361. The fraction of sp³-hybridized carbons (Fsp3) is 0.556. The fourth-order valence-corrected chi connectivity index (χ4v) is 5.81. The van der Waals surface area contributed by atoms with Crippen LogP contribution in [0.2, 0.25) is 0 Å². The van der Waals surface area contributed by atoms with Gasteiger partial charge in [0, 0.05) is 39.3 Å². The highest BCUT2D eigenvalue weighted by Gasteiger charge is 2.31. The van der Waals surface area contributed by atoms with E-state index < -0.39 is 29.8 Å². The van der Waals surface area contributed by atoms with Gasteiger partial charge in [-0.25, -0.2) is 0 Å². The number of ether oxygens (including phenoxy) is 2. The number of hydrogen-bond acceptors (Lipinski definition) is 7. The van der Waals surface area contributed by atoms with E-state index in [1.165, 1.54) is 5.56 Å². The second-order valence-corrected chi connectivity index (χ2v) is 12.8. The van der Waals surface area contributed by atoms with Crippen molar-refractivity contribution in [3.63, 3.8) is 0 Å². The Hall–Kier alpha value is -3.96. The summed E-state index contributed by atoms with van der Waals surface area (Å²) in [6, 6.07) is 12.9. The fourth-order valence-electron chi connectivity index (χ4n) is 5.81. The number of unbranched alkanes of at least 4 members (excludes halogenated alkanes) is 1. The second kappa shape index (κ2) is 18.4. The lowest BCUT2D eigenvalue weighted by atomic mass is 10.0. The SMILES string of the molecule is CCCCN1CCOc2ccccc2C(=O)N[C@H](C(=O)NCc2ccc(CN3CCCOCC3)cc2)CC(=O)N[C@@H](CC(C)C)C1=O. The van der Waals surface area contributed by atoms with Crippen LogP contribution in [0.15, 0.2) is 48.5 Å². The Labute approximate surface area is 278 Å². The number of amides is 4. The van der Waals surface area contributed by atoms with Crippen LogP contribution in [-0.2, 0) is 32.2 Å². The molecule has 2 aromatic rings. The standard InChI is InChI=1S/C36H51N5O6/c1-4-5-16-41-18-21-47-32-10-7-6-9-29(32)34(43)39-30(23-33(42)38-31(36(41)45)22-26(2)3)35(44)37-24-27-11-13-28(14-12-27)25-40-15-8-19-46-20-17-40/h6-7,9-14,26,30-31H,4-5,8,15-25H2,1-3H3,(H,37,44)(H,38,42)(H,39,43)/t30-,31-/m0/s1. The minimum absolute atomic E-state index is 0.142. The molecule has 0 spiro atoms. The molecule has 0 aliphatic carbocycles. The average Bonchev–Trinajstić information content (AvgIpc) is 3.33. The Morgan fingerprint density at radius 2 is 1.72 bits per heavy atom. The molecule has 4 rings (SSSR count). The first-order valence-corrected chi connectivity index (χ1v) is 17.0. The molecule has 11 heteroatoms. The summed E-state index contributed by atoms with van der Waals surface area (Å²) < 4.78 is 11.6. The third-order valence-corrected chi connectivity index (χ3v) is 8.41. The van der Waals surface area contributed by atoms with Crippen molar-refractivity contribution >= 4 is 23.6 Å². The van der Waals surface area contributed by atoms with Crippen LogP contribution in [0.5, 0.6) is 5.75 Å². The smallest absolute Gasteiger partial charge is 0.255 e. The molecule has 0 radical (unpaired) electrons. The van der Waals surface area contributed by atoms with Crippen molar-refractivity contribution < 1.29 is 28.7 Å². The maximum Gasteiger partial charge on any atom is 0.255 e. The van der Waals surface area contributed by atoms with Crippen molar-refractivity contribution in [2.24, 2.45) is 5.92 Å². The molecule has 1 fully saturated rings. The summed E-state index contributed by atoms with van der Waals surface area (Å²) in [5, 5.41) is 8.53. The molecule has 0 aromatic heterocycles. The molecule has 2 atom stereocenters. The van der Waals surface area contributed by atoms with E-state index in [4.69, 9.17) is 9.47 Å². The molecule has 0 unspecified atom stereocenters. The van der Waals surface area contributed by atoms with Crippen molar-refractivity contribution in [2.75, 3.05) is 46.0 Å². The van der Waals surface area contributed by atoms with Crippen LogP contribution < -0.4 is 20.7 Å². The average molecular weight is 650 g/mol. The van der Waals surface area contributed by atoms with Gasteiger partial charge in [0.2, 0.25) is 17.7 Å². The minimum Gasteiger partial charge on any atom is -0.491 e. The number of fused-ring (bicyclic) bond motifs is 1. The number of para-hydroxylation sites is 1. The van der Waals surface area contributed by atoms with Crippen molar-refractivity contribution in [2.45, 2.75) is 78.0 Å². The Bertz CT molecular complexity index is 1330. The van der Waals surface area contributed by atoms with Crippen LogP contribution in [0, 0.1) is 5.92 Å². The summed E-state index contributed by atoms with van der Waals surface area (Å²) in [5.41, 5.74) is 2.32. The molecule has 0 bridgehead atoms. The maximum absolute atomic E-state index is 13.7. The van der Waals surface area contributed by atoms with E-state index in [1.807, 2.05) is 26.0 Å². The highest BCUT2D eigenvalue weighted by Crippen LogP contribution is 2.19. The Kier molecular flexibility index (Phi) is 14.0. The number of hydrogen-bond donors (Lipinski definition) is 3. The number of nitrogens with one attached hydrogen (secondary N) is 3.